The van der Waals surface area contributed by atoms with Crippen LogP contribution >= 0.6 is 12.2 Å². The SMILES string of the molecule is Cc1ccc(NCC(O)Cc2c[nH]c(=S)o2)cc1. The largest absolute Gasteiger partial charge is 0.435 e. The maximum Gasteiger partial charge on any atom is 0.266 e. The molecule has 0 aliphatic carbocycles. The number of aliphatic hydroxyl groups excluding tert-OH is 1. The number of aryl methyl sites for hydroxylation is 1. The van der Waals surface area contributed by atoms with Crippen molar-refractivity contribution >= 4 is 17.9 Å². The summed E-state index contributed by atoms with van der Waals surface area (Å²) in [5.74, 6) is 0.665. The van der Waals surface area contributed by atoms with Gasteiger partial charge in [-0.1, -0.05) is 17.7 Å². The Morgan fingerprint density at radius 1 is 1.39 bits per heavy atom. The highest BCUT2D eigenvalue weighted by atomic mass is 32.1. The molecular formula is C13H16N2O2S. The second kappa shape index (κ2) is 5.84. The van der Waals surface area contributed by atoms with Crippen LogP contribution < -0.4 is 5.32 Å². The molecule has 1 atom stereocenters. The summed E-state index contributed by atoms with van der Waals surface area (Å²) < 4.78 is 5.19. The van der Waals surface area contributed by atoms with Crippen molar-refractivity contribution in [1.29, 1.82) is 0 Å². The number of rotatable bonds is 5. The summed E-state index contributed by atoms with van der Waals surface area (Å²) >= 11 is 4.82. The van der Waals surface area contributed by atoms with Gasteiger partial charge in [-0.25, -0.2) is 0 Å². The molecule has 18 heavy (non-hydrogen) atoms. The second-order valence-electron chi connectivity index (χ2n) is 4.25. The highest BCUT2D eigenvalue weighted by molar-refractivity contribution is 7.71. The summed E-state index contributed by atoms with van der Waals surface area (Å²) in [4.78, 5) is 3.11. The van der Waals surface area contributed by atoms with Crippen molar-refractivity contribution in [1.82, 2.24) is 4.98 Å². The van der Waals surface area contributed by atoms with Gasteiger partial charge in [0.25, 0.3) is 4.84 Å². The van der Waals surface area contributed by atoms with Crippen molar-refractivity contribution in [2.24, 2.45) is 0 Å². The lowest BCUT2D eigenvalue weighted by Gasteiger charge is -2.11. The molecule has 0 spiro atoms. The molecule has 96 valence electrons. The molecule has 2 rings (SSSR count). The Morgan fingerprint density at radius 2 is 2.11 bits per heavy atom. The third-order valence-corrected chi connectivity index (χ3v) is 2.81. The van der Waals surface area contributed by atoms with E-state index in [1.165, 1.54) is 5.56 Å². The lowest BCUT2D eigenvalue weighted by molar-refractivity contribution is 0.180. The lowest BCUT2D eigenvalue weighted by atomic mass is 10.2. The summed E-state index contributed by atoms with van der Waals surface area (Å²) in [6, 6.07) is 8.04. The predicted molar refractivity (Wildman–Crippen MR) is 73.3 cm³/mol. The first-order valence-corrected chi connectivity index (χ1v) is 6.20. The van der Waals surface area contributed by atoms with E-state index in [0.717, 1.165) is 5.69 Å². The zero-order chi connectivity index (χ0) is 13.0. The van der Waals surface area contributed by atoms with Crippen LogP contribution in [0.25, 0.3) is 0 Å². The number of aliphatic hydroxyl groups is 1. The van der Waals surface area contributed by atoms with Gasteiger partial charge in [0.15, 0.2) is 0 Å². The number of H-pyrrole nitrogens is 1. The summed E-state index contributed by atoms with van der Waals surface area (Å²) in [6.07, 6.45) is 1.60. The molecule has 3 N–H and O–H groups in total. The van der Waals surface area contributed by atoms with Gasteiger partial charge >= 0.3 is 0 Å². The Bertz CT molecular complexity index is 545. The number of benzene rings is 1. The fraction of sp³-hybridized carbons (Fsp3) is 0.308. The van der Waals surface area contributed by atoms with Crippen LogP contribution in [-0.2, 0) is 6.42 Å². The van der Waals surface area contributed by atoms with E-state index in [1.807, 2.05) is 31.2 Å². The van der Waals surface area contributed by atoms with Crippen LogP contribution in [0.3, 0.4) is 0 Å². The monoisotopic (exact) mass is 264 g/mol. The van der Waals surface area contributed by atoms with Gasteiger partial charge in [-0.05, 0) is 31.3 Å². The highest BCUT2D eigenvalue weighted by Gasteiger charge is 2.08. The van der Waals surface area contributed by atoms with Gasteiger partial charge in [-0.3, -0.25) is 0 Å². The molecule has 0 radical (unpaired) electrons. The van der Waals surface area contributed by atoms with Crippen LogP contribution in [0.4, 0.5) is 5.69 Å². The van der Waals surface area contributed by atoms with E-state index >= 15 is 0 Å². The number of aromatic amines is 1. The molecule has 1 unspecified atom stereocenters. The minimum atomic E-state index is -0.514. The number of aromatic nitrogens is 1. The molecule has 0 aliphatic rings. The van der Waals surface area contributed by atoms with Crippen LogP contribution in [0.5, 0.6) is 0 Å². The van der Waals surface area contributed by atoms with Crippen molar-refractivity contribution in [3.8, 4) is 0 Å². The molecular weight excluding hydrogens is 248 g/mol. The van der Waals surface area contributed by atoms with E-state index in [2.05, 4.69) is 10.3 Å². The molecule has 2 aromatic rings. The molecule has 1 heterocycles. The zero-order valence-corrected chi connectivity index (χ0v) is 11.0. The molecule has 0 aliphatic heterocycles. The van der Waals surface area contributed by atoms with Crippen LogP contribution in [0.15, 0.2) is 34.9 Å². The number of hydrogen-bond donors (Lipinski definition) is 3. The van der Waals surface area contributed by atoms with Gasteiger partial charge in [-0.2, -0.15) is 0 Å². The van der Waals surface area contributed by atoms with Gasteiger partial charge in [0, 0.05) is 24.8 Å². The van der Waals surface area contributed by atoms with E-state index in [9.17, 15) is 5.11 Å². The maximum atomic E-state index is 9.86. The third kappa shape index (κ3) is 3.72. The number of oxazole rings is 1. The smallest absolute Gasteiger partial charge is 0.266 e. The van der Waals surface area contributed by atoms with Crippen molar-refractivity contribution < 1.29 is 9.52 Å². The lowest BCUT2D eigenvalue weighted by Crippen LogP contribution is -2.21. The Balaban J connectivity index is 1.83. The standard InChI is InChI=1S/C13H16N2O2S/c1-9-2-4-10(5-3-9)14-7-11(16)6-12-8-15-13(18)17-12/h2-5,8,11,14,16H,6-7H2,1H3,(H,15,18). The fourth-order valence-electron chi connectivity index (χ4n) is 1.63. The minimum absolute atomic E-state index is 0.337. The molecule has 0 bridgehead atoms. The number of anilines is 1. The molecule has 4 nitrogen and oxygen atoms in total. The summed E-state index contributed by atoms with van der Waals surface area (Å²) in [5.41, 5.74) is 2.21. The molecule has 0 saturated carbocycles. The fourth-order valence-corrected chi connectivity index (χ4v) is 1.80. The van der Waals surface area contributed by atoms with Crippen LogP contribution in [-0.4, -0.2) is 22.7 Å². The normalized spacial score (nSPS) is 12.3. The molecule has 0 amide bonds. The van der Waals surface area contributed by atoms with Gasteiger partial charge in [-0.15, -0.1) is 0 Å². The average molecular weight is 264 g/mol. The summed E-state index contributed by atoms with van der Waals surface area (Å²) in [6.45, 7) is 2.51. The molecule has 0 saturated heterocycles. The Hall–Kier alpha value is -1.59. The number of nitrogens with one attached hydrogen (secondary N) is 2. The first kappa shape index (κ1) is 12.9. The predicted octanol–water partition coefficient (Wildman–Crippen LogP) is 2.66. The zero-order valence-electron chi connectivity index (χ0n) is 10.1. The summed E-state index contributed by atoms with van der Waals surface area (Å²) in [7, 11) is 0. The van der Waals surface area contributed by atoms with Crippen molar-refractivity contribution in [3.63, 3.8) is 0 Å². The van der Waals surface area contributed by atoms with Crippen molar-refractivity contribution in [2.45, 2.75) is 19.4 Å². The molecule has 1 aromatic heterocycles. The van der Waals surface area contributed by atoms with Crippen molar-refractivity contribution in [2.75, 3.05) is 11.9 Å². The van der Waals surface area contributed by atoms with E-state index in [1.54, 1.807) is 6.20 Å². The second-order valence-corrected chi connectivity index (χ2v) is 4.62. The van der Waals surface area contributed by atoms with Crippen LogP contribution in [0.2, 0.25) is 0 Å². The van der Waals surface area contributed by atoms with Gasteiger partial charge < -0.3 is 19.8 Å². The first-order valence-electron chi connectivity index (χ1n) is 5.79. The summed E-state index contributed by atoms with van der Waals surface area (Å²) in [5, 5.41) is 13.0. The van der Waals surface area contributed by atoms with Gasteiger partial charge in [0.2, 0.25) is 0 Å². The van der Waals surface area contributed by atoms with E-state index in [4.69, 9.17) is 16.6 Å². The number of hydrogen-bond acceptors (Lipinski definition) is 4. The van der Waals surface area contributed by atoms with Crippen molar-refractivity contribution in [3.05, 3.63) is 46.6 Å². The first-order chi connectivity index (χ1) is 8.63. The third-order valence-electron chi connectivity index (χ3n) is 2.60. The Labute approximate surface area is 111 Å². The van der Waals surface area contributed by atoms with Gasteiger partial charge in [0.1, 0.15) is 5.76 Å². The van der Waals surface area contributed by atoms with E-state index < -0.39 is 6.10 Å². The molecule has 5 heteroatoms. The Kier molecular flexibility index (Phi) is 4.17. The topological polar surface area (TPSA) is 61.2 Å². The maximum absolute atomic E-state index is 9.86. The average Bonchev–Trinajstić information content (AvgIpc) is 2.74. The van der Waals surface area contributed by atoms with Gasteiger partial charge in [0.05, 0.1) is 6.10 Å². The molecule has 0 fully saturated rings. The molecule has 1 aromatic carbocycles. The minimum Gasteiger partial charge on any atom is -0.435 e. The quantitative estimate of drug-likeness (QED) is 0.727. The van der Waals surface area contributed by atoms with E-state index in [0.29, 0.717) is 23.6 Å². The Morgan fingerprint density at radius 3 is 2.72 bits per heavy atom. The van der Waals surface area contributed by atoms with E-state index in [-0.39, 0.29) is 0 Å². The van der Waals surface area contributed by atoms with Crippen LogP contribution in [0.1, 0.15) is 11.3 Å². The van der Waals surface area contributed by atoms with Crippen LogP contribution in [0, 0.1) is 11.8 Å². The highest BCUT2D eigenvalue weighted by Crippen LogP contribution is 2.09.